The van der Waals surface area contributed by atoms with Gasteiger partial charge in [-0.2, -0.15) is 0 Å². The molecule has 0 radical (unpaired) electrons. The zero-order valence-corrected chi connectivity index (χ0v) is 10.2. The maximum atomic E-state index is 9.38. The first-order chi connectivity index (χ1) is 7.63. The van der Waals surface area contributed by atoms with Crippen LogP contribution in [0.1, 0.15) is 25.5 Å². The van der Waals surface area contributed by atoms with E-state index in [-0.39, 0.29) is 6.04 Å². The van der Waals surface area contributed by atoms with Gasteiger partial charge in [0.05, 0.1) is 0 Å². The van der Waals surface area contributed by atoms with Gasteiger partial charge in [-0.1, -0.05) is 19.1 Å². The smallest absolute Gasteiger partial charge is 0.115 e. The van der Waals surface area contributed by atoms with E-state index in [2.05, 4.69) is 19.2 Å². The fraction of sp³-hybridized carbons (Fsp3) is 0.538. The van der Waals surface area contributed by atoms with Crippen molar-refractivity contribution >= 4 is 0 Å². The minimum Gasteiger partial charge on any atom is -0.508 e. The van der Waals surface area contributed by atoms with Gasteiger partial charge in [-0.25, -0.2) is 0 Å². The second-order valence-electron chi connectivity index (χ2n) is 4.29. The van der Waals surface area contributed by atoms with Crippen LogP contribution >= 0.6 is 0 Å². The molecule has 16 heavy (non-hydrogen) atoms. The molecule has 1 aromatic rings. The molecule has 2 N–H and O–H groups in total. The van der Waals surface area contributed by atoms with Gasteiger partial charge in [0.15, 0.2) is 0 Å². The summed E-state index contributed by atoms with van der Waals surface area (Å²) in [5.41, 5.74) is 1.10. The fourth-order valence-electron chi connectivity index (χ4n) is 1.63. The van der Waals surface area contributed by atoms with E-state index >= 15 is 0 Å². The second-order valence-corrected chi connectivity index (χ2v) is 4.29. The Kier molecular flexibility index (Phi) is 5.29. The van der Waals surface area contributed by atoms with Crippen molar-refractivity contribution in [1.29, 1.82) is 0 Å². The molecule has 1 unspecified atom stereocenters. The van der Waals surface area contributed by atoms with Crippen LogP contribution in [0.25, 0.3) is 0 Å². The molecule has 0 heterocycles. The summed E-state index contributed by atoms with van der Waals surface area (Å²) in [6.45, 7) is 5.91. The van der Waals surface area contributed by atoms with Crippen molar-refractivity contribution in [3.05, 3.63) is 29.8 Å². The van der Waals surface area contributed by atoms with Gasteiger partial charge in [-0.15, -0.1) is 0 Å². The Labute approximate surface area is 97.4 Å². The first kappa shape index (κ1) is 13.0. The number of aromatic hydroxyl groups is 1. The van der Waals surface area contributed by atoms with Gasteiger partial charge in [-0.05, 0) is 30.5 Å². The minimum atomic E-state index is 0.242. The predicted octanol–water partition coefficient (Wildman–Crippen LogP) is 2.33. The monoisotopic (exact) mass is 223 g/mol. The number of ether oxygens (including phenoxy) is 1. The van der Waals surface area contributed by atoms with Crippen LogP contribution in [0.5, 0.6) is 5.75 Å². The van der Waals surface area contributed by atoms with E-state index in [1.165, 1.54) is 0 Å². The normalized spacial score (nSPS) is 14.7. The van der Waals surface area contributed by atoms with Crippen LogP contribution in [0.15, 0.2) is 24.3 Å². The molecule has 0 fully saturated rings. The lowest BCUT2D eigenvalue weighted by Gasteiger charge is -2.17. The van der Waals surface area contributed by atoms with Crippen molar-refractivity contribution in [1.82, 2.24) is 5.32 Å². The van der Waals surface area contributed by atoms with Crippen LogP contribution in [0.4, 0.5) is 0 Å². The van der Waals surface area contributed by atoms with E-state index in [1.807, 2.05) is 12.1 Å². The maximum absolute atomic E-state index is 9.38. The van der Waals surface area contributed by atoms with E-state index in [0.29, 0.717) is 11.7 Å². The molecule has 0 aromatic heterocycles. The maximum Gasteiger partial charge on any atom is 0.115 e. The standard InChI is InChI=1S/C13H21NO2/c1-10(9-16-3)8-14-11(2)12-5-4-6-13(15)7-12/h4-7,10-11,14-15H,8-9H2,1-3H3/t10?,11-/m1/s1. The Balaban J connectivity index is 2.43. The Bertz CT molecular complexity index is 315. The third-order valence-electron chi connectivity index (χ3n) is 2.59. The summed E-state index contributed by atoms with van der Waals surface area (Å²) < 4.78 is 5.08. The Morgan fingerprint density at radius 3 is 2.75 bits per heavy atom. The second kappa shape index (κ2) is 6.51. The van der Waals surface area contributed by atoms with Crippen LogP contribution < -0.4 is 5.32 Å². The van der Waals surface area contributed by atoms with E-state index in [9.17, 15) is 5.11 Å². The molecule has 3 heteroatoms. The van der Waals surface area contributed by atoms with Crippen molar-refractivity contribution < 1.29 is 9.84 Å². The van der Waals surface area contributed by atoms with Crippen LogP contribution in [0.2, 0.25) is 0 Å². The van der Waals surface area contributed by atoms with Gasteiger partial charge in [0.1, 0.15) is 5.75 Å². The van der Waals surface area contributed by atoms with Gasteiger partial charge in [-0.3, -0.25) is 0 Å². The summed E-state index contributed by atoms with van der Waals surface area (Å²) in [5, 5.41) is 12.8. The molecule has 0 spiro atoms. The molecule has 1 rings (SSSR count). The van der Waals surface area contributed by atoms with E-state index in [1.54, 1.807) is 19.2 Å². The van der Waals surface area contributed by atoms with Crippen LogP contribution in [0, 0.1) is 5.92 Å². The zero-order chi connectivity index (χ0) is 12.0. The number of hydrogen-bond acceptors (Lipinski definition) is 3. The highest BCUT2D eigenvalue weighted by molar-refractivity contribution is 5.28. The quantitative estimate of drug-likeness (QED) is 0.777. The van der Waals surface area contributed by atoms with Gasteiger partial charge >= 0.3 is 0 Å². The van der Waals surface area contributed by atoms with Crippen LogP contribution in [-0.4, -0.2) is 25.4 Å². The number of rotatable bonds is 6. The molecule has 0 amide bonds. The Hall–Kier alpha value is -1.06. The highest BCUT2D eigenvalue weighted by atomic mass is 16.5. The molecule has 0 aliphatic rings. The number of hydrogen-bond donors (Lipinski definition) is 2. The lowest BCUT2D eigenvalue weighted by Crippen LogP contribution is -2.26. The third-order valence-corrected chi connectivity index (χ3v) is 2.59. The first-order valence-corrected chi connectivity index (χ1v) is 5.64. The number of phenolic OH excluding ortho intramolecular Hbond substituents is 1. The average molecular weight is 223 g/mol. The van der Waals surface area contributed by atoms with Gasteiger partial charge in [0.2, 0.25) is 0 Å². The van der Waals surface area contributed by atoms with Crippen LogP contribution in [0.3, 0.4) is 0 Å². The largest absolute Gasteiger partial charge is 0.508 e. The molecule has 0 bridgehead atoms. The molecular weight excluding hydrogens is 202 g/mol. The molecule has 90 valence electrons. The number of benzene rings is 1. The molecule has 0 saturated heterocycles. The lowest BCUT2D eigenvalue weighted by molar-refractivity contribution is 0.157. The molecule has 3 nitrogen and oxygen atoms in total. The summed E-state index contributed by atoms with van der Waals surface area (Å²) in [7, 11) is 1.72. The zero-order valence-electron chi connectivity index (χ0n) is 10.2. The molecule has 0 aliphatic heterocycles. The van der Waals surface area contributed by atoms with Gasteiger partial charge in [0, 0.05) is 26.3 Å². The molecule has 0 saturated carbocycles. The number of nitrogens with one attached hydrogen (secondary N) is 1. The van der Waals surface area contributed by atoms with Crippen molar-refractivity contribution in [2.75, 3.05) is 20.3 Å². The highest BCUT2D eigenvalue weighted by Crippen LogP contribution is 2.17. The fourth-order valence-corrected chi connectivity index (χ4v) is 1.63. The van der Waals surface area contributed by atoms with E-state index in [4.69, 9.17) is 4.74 Å². The molecule has 2 atom stereocenters. The predicted molar refractivity (Wildman–Crippen MR) is 65.6 cm³/mol. The minimum absolute atomic E-state index is 0.242. The summed E-state index contributed by atoms with van der Waals surface area (Å²) >= 11 is 0. The van der Waals surface area contributed by atoms with E-state index < -0.39 is 0 Å². The van der Waals surface area contributed by atoms with Gasteiger partial charge in [0.25, 0.3) is 0 Å². The van der Waals surface area contributed by atoms with Crippen LogP contribution in [-0.2, 0) is 4.74 Å². The third kappa shape index (κ3) is 4.21. The van der Waals surface area contributed by atoms with Crippen molar-refractivity contribution in [3.63, 3.8) is 0 Å². The summed E-state index contributed by atoms with van der Waals surface area (Å²) in [4.78, 5) is 0. The average Bonchev–Trinajstić information content (AvgIpc) is 2.26. The lowest BCUT2D eigenvalue weighted by atomic mass is 10.1. The summed E-state index contributed by atoms with van der Waals surface area (Å²) in [5.74, 6) is 0.806. The Morgan fingerprint density at radius 2 is 2.12 bits per heavy atom. The summed E-state index contributed by atoms with van der Waals surface area (Å²) in [6.07, 6.45) is 0. The Morgan fingerprint density at radius 1 is 1.38 bits per heavy atom. The van der Waals surface area contributed by atoms with Crippen molar-refractivity contribution in [2.45, 2.75) is 19.9 Å². The number of methoxy groups -OCH3 is 1. The topological polar surface area (TPSA) is 41.5 Å². The molecular formula is C13H21NO2. The first-order valence-electron chi connectivity index (χ1n) is 5.64. The van der Waals surface area contributed by atoms with Crippen molar-refractivity contribution in [3.8, 4) is 5.75 Å². The SMILES string of the molecule is COCC(C)CN[C@H](C)c1cccc(O)c1. The number of phenols is 1. The van der Waals surface area contributed by atoms with E-state index in [0.717, 1.165) is 18.7 Å². The van der Waals surface area contributed by atoms with Gasteiger partial charge < -0.3 is 15.2 Å². The van der Waals surface area contributed by atoms with Crippen molar-refractivity contribution in [2.24, 2.45) is 5.92 Å². The molecule has 1 aromatic carbocycles. The highest BCUT2D eigenvalue weighted by Gasteiger charge is 2.07. The summed E-state index contributed by atoms with van der Waals surface area (Å²) in [6, 6.07) is 7.59. The molecule has 0 aliphatic carbocycles.